The van der Waals surface area contributed by atoms with E-state index in [0.717, 1.165) is 0 Å². The first-order valence-corrected chi connectivity index (χ1v) is 8.42. The van der Waals surface area contributed by atoms with E-state index < -0.39 is 11.2 Å². The number of hydrogen-bond acceptors (Lipinski definition) is 6. The molecule has 9 heteroatoms. The maximum absolute atomic E-state index is 12.2. The minimum absolute atomic E-state index is 0.196. The number of rotatable bonds is 4. The van der Waals surface area contributed by atoms with Crippen LogP contribution >= 0.6 is 0 Å². The van der Waals surface area contributed by atoms with Gasteiger partial charge >= 0.3 is 5.69 Å². The molecule has 3 heterocycles. The van der Waals surface area contributed by atoms with Gasteiger partial charge in [0.15, 0.2) is 5.82 Å². The molecular formula is C18H17N7O2. The Morgan fingerprint density at radius 1 is 1.07 bits per heavy atom. The molecule has 0 bridgehead atoms. The number of nitrogens with one attached hydrogen (secondary N) is 3. The molecule has 0 amide bonds. The minimum atomic E-state index is -0.544. The summed E-state index contributed by atoms with van der Waals surface area (Å²) in [7, 11) is 0. The van der Waals surface area contributed by atoms with Crippen LogP contribution in [0.25, 0.3) is 22.4 Å². The van der Waals surface area contributed by atoms with Gasteiger partial charge in [-0.25, -0.2) is 9.78 Å². The predicted molar refractivity (Wildman–Crippen MR) is 102 cm³/mol. The molecule has 3 aromatic heterocycles. The van der Waals surface area contributed by atoms with Crippen molar-refractivity contribution in [1.29, 1.82) is 0 Å². The molecule has 0 aliphatic heterocycles. The van der Waals surface area contributed by atoms with Crippen molar-refractivity contribution < 1.29 is 0 Å². The van der Waals surface area contributed by atoms with Crippen LogP contribution in [-0.2, 0) is 0 Å². The van der Waals surface area contributed by atoms with E-state index in [1.54, 1.807) is 30.6 Å². The Bertz CT molecular complexity index is 1240. The van der Waals surface area contributed by atoms with Crippen LogP contribution in [0.1, 0.15) is 19.9 Å². The zero-order valence-electron chi connectivity index (χ0n) is 14.7. The molecule has 136 valence electrons. The fourth-order valence-electron chi connectivity index (χ4n) is 2.90. The molecule has 0 saturated carbocycles. The Morgan fingerprint density at radius 2 is 1.89 bits per heavy atom. The van der Waals surface area contributed by atoms with E-state index in [9.17, 15) is 9.59 Å². The van der Waals surface area contributed by atoms with Gasteiger partial charge in [0.25, 0.3) is 5.56 Å². The average molecular weight is 363 g/mol. The van der Waals surface area contributed by atoms with Crippen LogP contribution in [0, 0.1) is 0 Å². The summed E-state index contributed by atoms with van der Waals surface area (Å²) < 4.78 is 1.93. The van der Waals surface area contributed by atoms with Crippen LogP contribution in [-0.4, -0.2) is 29.7 Å². The summed E-state index contributed by atoms with van der Waals surface area (Å²) in [5.74, 6) is 1.21. The number of pyridine rings is 1. The summed E-state index contributed by atoms with van der Waals surface area (Å²) in [6.45, 7) is 4.08. The van der Waals surface area contributed by atoms with E-state index in [2.05, 4.69) is 30.5 Å². The third-order valence-corrected chi connectivity index (χ3v) is 4.14. The number of nitrogens with zero attached hydrogens (tertiary/aromatic N) is 4. The molecule has 4 aromatic rings. The highest BCUT2D eigenvalue weighted by atomic mass is 16.2. The number of fused-ring (bicyclic) bond motifs is 1. The molecule has 0 spiro atoms. The number of aromatic nitrogens is 6. The second-order valence-electron chi connectivity index (χ2n) is 6.33. The second-order valence-corrected chi connectivity index (χ2v) is 6.33. The predicted octanol–water partition coefficient (Wildman–Crippen LogP) is 2.19. The Balaban J connectivity index is 1.77. The highest BCUT2D eigenvalue weighted by Gasteiger charge is 2.12. The highest BCUT2D eigenvalue weighted by molar-refractivity contribution is 5.91. The topological polar surface area (TPSA) is 121 Å². The van der Waals surface area contributed by atoms with Gasteiger partial charge in [-0.15, -0.1) is 10.2 Å². The summed E-state index contributed by atoms with van der Waals surface area (Å²) in [5.41, 5.74) is 0.642. The van der Waals surface area contributed by atoms with E-state index in [1.807, 2.05) is 30.5 Å². The SMILES string of the molecule is CC(C)n1cnnc1-c1cccc(Nc2cccc3[nH]c(=O)[nH]c(=O)c23)n1. The summed E-state index contributed by atoms with van der Waals surface area (Å²) in [6.07, 6.45) is 1.67. The second kappa shape index (κ2) is 6.52. The van der Waals surface area contributed by atoms with Crippen molar-refractivity contribution >= 4 is 22.4 Å². The number of anilines is 2. The van der Waals surface area contributed by atoms with Crippen molar-refractivity contribution in [1.82, 2.24) is 29.7 Å². The maximum Gasteiger partial charge on any atom is 0.326 e. The fraction of sp³-hybridized carbons (Fsp3) is 0.167. The lowest BCUT2D eigenvalue weighted by atomic mass is 10.2. The fourth-order valence-corrected chi connectivity index (χ4v) is 2.90. The zero-order valence-corrected chi connectivity index (χ0v) is 14.7. The quantitative estimate of drug-likeness (QED) is 0.511. The first-order valence-electron chi connectivity index (χ1n) is 8.42. The van der Waals surface area contributed by atoms with E-state index in [0.29, 0.717) is 33.9 Å². The van der Waals surface area contributed by atoms with Crippen LogP contribution in [0.4, 0.5) is 11.5 Å². The van der Waals surface area contributed by atoms with Gasteiger partial charge in [0.05, 0.1) is 16.6 Å². The lowest BCUT2D eigenvalue weighted by molar-refractivity contribution is 0.603. The van der Waals surface area contributed by atoms with E-state index in [1.165, 1.54) is 0 Å². The minimum Gasteiger partial charge on any atom is -0.339 e. The van der Waals surface area contributed by atoms with Crippen molar-refractivity contribution in [2.45, 2.75) is 19.9 Å². The van der Waals surface area contributed by atoms with Gasteiger partial charge < -0.3 is 14.9 Å². The van der Waals surface area contributed by atoms with Crippen molar-refractivity contribution in [2.75, 3.05) is 5.32 Å². The van der Waals surface area contributed by atoms with Gasteiger partial charge in [-0.3, -0.25) is 9.78 Å². The molecule has 27 heavy (non-hydrogen) atoms. The number of benzene rings is 1. The normalized spacial score (nSPS) is 11.2. The molecule has 0 aliphatic rings. The van der Waals surface area contributed by atoms with E-state index in [-0.39, 0.29) is 6.04 Å². The van der Waals surface area contributed by atoms with E-state index >= 15 is 0 Å². The molecule has 4 rings (SSSR count). The van der Waals surface area contributed by atoms with Gasteiger partial charge in [-0.05, 0) is 38.1 Å². The van der Waals surface area contributed by atoms with E-state index in [4.69, 9.17) is 0 Å². The first-order chi connectivity index (χ1) is 13.0. The molecule has 9 nitrogen and oxygen atoms in total. The molecular weight excluding hydrogens is 346 g/mol. The average Bonchev–Trinajstić information content (AvgIpc) is 3.11. The first kappa shape index (κ1) is 16.7. The van der Waals surface area contributed by atoms with Gasteiger partial charge in [-0.1, -0.05) is 12.1 Å². The van der Waals surface area contributed by atoms with Crippen LogP contribution in [0.3, 0.4) is 0 Å². The molecule has 1 aromatic carbocycles. The lowest BCUT2D eigenvalue weighted by Crippen LogP contribution is -2.22. The Labute approximate surface area is 153 Å². The third kappa shape index (κ3) is 3.10. The Morgan fingerprint density at radius 3 is 2.70 bits per heavy atom. The molecule has 3 N–H and O–H groups in total. The highest BCUT2D eigenvalue weighted by Crippen LogP contribution is 2.24. The van der Waals surface area contributed by atoms with Crippen LogP contribution in [0.15, 0.2) is 52.3 Å². The van der Waals surface area contributed by atoms with Crippen molar-refractivity contribution in [2.24, 2.45) is 0 Å². The Hall–Kier alpha value is -3.75. The molecule has 0 aliphatic carbocycles. The van der Waals surface area contributed by atoms with Crippen LogP contribution in [0.2, 0.25) is 0 Å². The lowest BCUT2D eigenvalue weighted by Gasteiger charge is -2.11. The molecule has 0 fully saturated rings. The molecule has 0 unspecified atom stereocenters. The summed E-state index contributed by atoms with van der Waals surface area (Å²) in [5, 5.41) is 11.6. The van der Waals surface area contributed by atoms with Gasteiger partial charge in [0.1, 0.15) is 17.8 Å². The van der Waals surface area contributed by atoms with Crippen LogP contribution < -0.4 is 16.6 Å². The Kier molecular flexibility index (Phi) is 4.03. The van der Waals surface area contributed by atoms with Crippen LogP contribution in [0.5, 0.6) is 0 Å². The summed E-state index contributed by atoms with van der Waals surface area (Å²) >= 11 is 0. The van der Waals surface area contributed by atoms with Crippen molar-refractivity contribution in [3.8, 4) is 11.5 Å². The summed E-state index contributed by atoms with van der Waals surface area (Å²) in [6, 6.07) is 10.9. The molecule has 0 atom stereocenters. The third-order valence-electron chi connectivity index (χ3n) is 4.14. The zero-order chi connectivity index (χ0) is 19.0. The molecule has 0 radical (unpaired) electrons. The monoisotopic (exact) mass is 363 g/mol. The van der Waals surface area contributed by atoms with Gasteiger partial charge in [0, 0.05) is 6.04 Å². The number of hydrogen-bond donors (Lipinski definition) is 3. The van der Waals surface area contributed by atoms with Crippen molar-refractivity contribution in [3.63, 3.8) is 0 Å². The molecule has 0 saturated heterocycles. The standard InChI is InChI=1S/C18H17N7O2/c1-10(2)25-9-19-24-16(25)13-7-4-8-14(21-13)20-11-5-3-6-12-15(11)17(26)23-18(27)22-12/h3-10H,1-2H3,(H,20,21)(H2,22,23,26,27). The smallest absolute Gasteiger partial charge is 0.326 e. The largest absolute Gasteiger partial charge is 0.339 e. The maximum atomic E-state index is 12.2. The number of aromatic amines is 2. The number of H-pyrrole nitrogens is 2. The van der Waals surface area contributed by atoms with Crippen molar-refractivity contribution in [3.05, 3.63) is 63.6 Å². The summed E-state index contributed by atoms with van der Waals surface area (Å²) in [4.78, 5) is 33.2. The van der Waals surface area contributed by atoms with Gasteiger partial charge in [-0.2, -0.15) is 0 Å². The van der Waals surface area contributed by atoms with Gasteiger partial charge in [0.2, 0.25) is 0 Å².